The van der Waals surface area contributed by atoms with Crippen LogP contribution in [0.25, 0.3) is 0 Å². The van der Waals surface area contributed by atoms with Gasteiger partial charge in [0.25, 0.3) is 0 Å². The minimum absolute atomic E-state index is 0.142. The lowest BCUT2D eigenvalue weighted by Crippen LogP contribution is -2.52. The first-order valence-electron chi connectivity index (χ1n) is 16.6. The molecule has 2 atom stereocenters. The van der Waals surface area contributed by atoms with Crippen LogP contribution in [0.5, 0.6) is 0 Å². The van der Waals surface area contributed by atoms with Gasteiger partial charge in [-0.15, -0.1) is 0 Å². The van der Waals surface area contributed by atoms with Crippen molar-refractivity contribution in [2.75, 3.05) is 110 Å². The number of carbonyl (C=O) groups excluding carboxylic acids is 4. The van der Waals surface area contributed by atoms with Gasteiger partial charge in [-0.25, -0.2) is 0 Å². The molecule has 20 heteroatoms. The zero-order valence-corrected chi connectivity index (χ0v) is 29.7. The molecule has 1 fully saturated rings. The van der Waals surface area contributed by atoms with Gasteiger partial charge < -0.3 is 41.7 Å². The summed E-state index contributed by atoms with van der Waals surface area (Å²) in [6, 6.07) is -0.943. The van der Waals surface area contributed by atoms with Gasteiger partial charge in [0.15, 0.2) is 0 Å². The summed E-state index contributed by atoms with van der Waals surface area (Å²) in [5.41, 5.74) is 0. The van der Waals surface area contributed by atoms with Crippen molar-refractivity contribution in [3.63, 3.8) is 0 Å². The first-order valence-corrected chi connectivity index (χ1v) is 17.7. The average Bonchev–Trinajstić information content (AvgIpc) is 3.02. The van der Waals surface area contributed by atoms with E-state index >= 15 is 0 Å². The van der Waals surface area contributed by atoms with Crippen LogP contribution in [0.3, 0.4) is 0 Å². The molecule has 0 spiro atoms. The molecule has 0 aromatic rings. The molecular formula is C30H54N8O11S. The second-order valence-corrected chi connectivity index (χ2v) is 13.0. The number of carbonyl (C=O) groups is 7. The number of nitrogens with one attached hydrogen (secondary N) is 4. The average molecular weight is 735 g/mol. The van der Waals surface area contributed by atoms with Crippen LogP contribution in [0, 0.1) is 0 Å². The smallest absolute Gasteiger partial charge is 0.317 e. The summed E-state index contributed by atoms with van der Waals surface area (Å²) >= 11 is 1.27. The number of likely N-dealkylation sites (N-methyl/N-ethyl adjacent to an activating group) is 1. The highest BCUT2D eigenvalue weighted by molar-refractivity contribution is 7.99. The van der Waals surface area contributed by atoms with E-state index in [0.717, 1.165) is 0 Å². The van der Waals surface area contributed by atoms with Gasteiger partial charge in [-0.1, -0.05) is 0 Å². The third kappa shape index (κ3) is 21.5. The summed E-state index contributed by atoms with van der Waals surface area (Å²) in [6.45, 7) is 4.82. The second-order valence-electron chi connectivity index (χ2n) is 11.8. The molecule has 286 valence electrons. The van der Waals surface area contributed by atoms with Crippen molar-refractivity contribution in [3.8, 4) is 0 Å². The third-order valence-corrected chi connectivity index (χ3v) is 8.59. The standard InChI is InChI=1S/C30H54N8O11S/c1-3-31-30(49)24(40)21-50-16-7-33-29(48)23(5-4-6-32-22(2)39)34-25(41)17-35-8-10-36(18-26(42)43)12-14-38(20-28(46)47)15-13-37(11-9-35)19-27(44)45/h23-24,40H,3-21H2,1-2H3,(H,31,49)(H,32,39)(H,33,48)(H,34,41)(H,42,43)(H,44,45)(H,46,47)/t23?,24-/m1/s1. The normalized spacial score (nSPS) is 16.9. The summed E-state index contributed by atoms with van der Waals surface area (Å²) in [6.07, 6.45) is -0.573. The quantitative estimate of drug-likeness (QED) is 0.0526. The maximum atomic E-state index is 13.3. The Labute approximate surface area is 296 Å². The molecule has 50 heavy (non-hydrogen) atoms. The van der Waals surface area contributed by atoms with Gasteiger partial charge >= 0.3 is 17.9 Å². The lowest BCUT2D eigenvalue weighted by molar-refractivity contribution is -0.140. The minimum atomic E-state index is -1.18. The Morgan fingerprint density at radius 3 is 1.54 bits per heavy atom. The highest BCUT2D eigenvalue weighted by Gasteiger charge is 2.24. The molecule has 0 aliphatic carbocycles. The number of rotatable bonds is 21. The number of carboxylic acids is 3. The fourth-order valence-corrected chi connectivity index (χ4v) is 5.79. The molecule has 0 aromatic heterocycles. The van der Waals surface area contributed by atoms with Gasteiger partial charge in [-0.05, 0) is 19.8 Å². The predicted molar refractivity (Wildman–Crippen MR) is 184 cm³/mol. The Bertz CT molecular complexity index is 1090. The monoisotopic (exact) mass is 734 g/mol. The second kappa shape index (κ2) is 25.4. The lowest BCUT2D eigenvalue weighted by atomic mass is 10.1. The van der Waals surface area contributed by atoms with Crippen molar-refractivity contribution in [2.24, 2.45) is 0 Å². The molecule has 1 heterocycles. The molecule has 1 saturated heterocycles. The van der Waals surface area contributed by atoms with Crippen LogP contribution in [-0.2, 0) is 33.6 Å². The maximum absolute atomic E-state index is 13.3. The van der Waals surface area contributed by atoms with E-state index in [1.807, 2.05) is 0 Å². The molecule has 1 aliphatic rings. The Kier molecular flexibility index (Phi) is 22.6. The molecule has 0 aromatic carbocycles. The first kappa shape index (κ1) is 44.5. The number of hydrogen-bond acceptors (Lipinski definition) is 13. The lowest BCUT2D eigenvalue weighted by Gasteiger charge is -2.33. The topological polar surface area (TPSA) is 261 Å². The summed E-state index contributed by atoms with van der Waals surface area (Å²) in [7, 11) is 0. The SMILES string of the molecule is CCNC(=O)[C@H](O)CSCCNC(=O)C(CCCNC(C)=O)NC(=O)CN1CCN(CC(=O)O)CCN(CC(=O)O)CCN(CC(=O)O)CC1. The molecule has 8 N–H and O–H groups in total. The third-order valence-electron chi connectivity index (χ3n) is 7.54. The van der Waals surface area contributed by atoms with E-state index in [0.29, 0.717) is 18.7 Å². The number of carboxylic acid groups (broad SMARTS) is 3. The highest BCUT2D eigenvalue weighted by atomic mass is 32.2. The van der Waals surface area contributed by atoms with Crippen LogP contribution in [0.1, 0.15) is 26.7 Å². The fourth-order valence-electron chi connectivity index (χ4n) is 5.00. The van der Waals surface area contributed by atoms with Gasteiger partial charge in [0, 0.05) is 90.4 Å². The molecule has 4 amide bonds. The van der Waals surface area contributed by atoms with E-state index in [1.165, 1.54) is 18.7 Å². The van der Waals surface area contributed by atoms with Crippen molar-refractivity contribution < 1.29 is 54.0 Å². The van der Waals surface area contributed by atoms with E-state index < -0.39 is 47.8 Å². The highest BCUT2D eigenvalue weighted by Crippen LogP contribution is 2.05. The zero-order chi connectivity index (χ0) is 37.5. The van der Waals surface area contributed by atoms with Gasteiger partial charge in [-0.2, -0.15) is 11.8 Å². The van der Waals surface area contributed by atoms with Crippen molar-refractivity contribution in [3.05, 3.63) is 0 Å². The number of aliphatic carboxylic acids is 3. The Balaban J connectivity index is 2.96. The van der Waals surface area contributed by atoms with E-state index in [2.05, 4.69) is 21.3 Å². The summed E-state index contributed by atoms with van der Waals surface area (Å²) in [5, 5.41) is 48.8. The van der Waals surface area contributed by atoms with Crippen molar-refractivity contribution in [2.45, 2.75) is 38.8 Å². The largest absolute Gasteiger partial charge is 0.480 e. The molecule has 0 saturated carbocycles. The minimum Gasteiger partial charge on any atom is -0.480 e. The molecule has 0 radical (unpaired) electrons. The number of thioether (sulfide) groups is 1. The van der Waals surface area contributed by atoms with Crippen LogP contribution in [0.2, 0.25) is 0 Å². The number of aliphatic hydroxyl groups excluding tert-OH is 1. The first-order chi connectivity index (χ1) is 23.7. The van der Waals surface area contributed by atoms with Crippen LogP contribution < -0.4 is 21.3 Å². The Morgan fingerprint density at radius 1 is 0.660 bits per heavy atom. The van der Waals surface area contributed by atoms with Crippen LogP contribution in [0.15, 0.2) is 0 Å². The number of aliphatic hydroxyl groups is 1. The summed E-state index contributed by atoms with van der Waals surface area (Å²) in [5.74, 6) is -4.30. The number of amides is 4. The van der Waals surface area contributed by atoms with Crippen LogP contribution in [-0.4, -0.2) is 203 Å². The van der Waals surface area contributed by atoms with Gasteiger partial charge in [0.1, 0.15) is 12.1 Å². The predicted octanol–water partition coefficient (Wildman–Crippen LogP) is -3.79. The molecule has 0 bridgehead atoms. The Hall–Kier alpha value is -3.56. The van der Waals surface area contributed by atoms with E-state index in [4.69, 9.17) is 0 Å². The molecule has 1 unspecified atom stereocenters. The summed E-state index contributed by atoms with van der Waals surface area (Å²) < 4.78 is 0. The number of hydrogen-bond donors (Lipinski definition) is 8. The van der Waals surface area contributed by atoms with Gasteiger partial charge in [0.2, 0.25) is 23.6 Å². The van der Waals surface area contributed by atoms with Gasteiger partial charge in [0.05, 0.1) is 26.2 Å². The molecule has 19 nitrogen and oxygen atoms in total. The number of nitrogens with zero attached hydrogens (tertiary/aromatic N) is 4. The zero-order valence-electron chi connectivity index (χ0n) is 28.9. The molecule has 1 aliphatic heterocycles. The van der Waals surface area contributed by atoms with Crippen molar-refractivity contribution >= 4 is 53.3 Å². The van der Waals surface area contributed by atoms with Crippen LogP contribution >= 0.6 is 11.8 Å². The summed E-state index contributed by atoms with van der Waals surface area (Å²) in [4.78, 5) is 90.6. The molecular weight excluding hydrogens is 680 g/mol. The maximum Gasteiger partial charge on any atom is 0.317 e. The van der Waals surface area contributed by atoms with E-state index in [1.54, 1.807) is 26.5 Å². The van der Waals surface area contributed by atoms with E-state index in [-0.39, 0.29) is 110 Å². The fraction of sp³-hybridized carbons (Fsp3) is 0.767. The van der Waals surface area contributed by atoms with Crippen molar-refractivity contribution in [1.29, 1.82) is 0 Å². The van der Waals surface area contributed by atoms with Crippen molar-refractivity contribution in [1.82, 2.24) is 40.9 Å². The van der Waals surface area contributed by atoms with Crippen LogP contribution in [0.4, 0.5) is 0 Å². The van der Waals surface area contributed by atoms with Gasteiger partial charge in [-0.3, -0.25) is 53.2 Å². The van der Waals surface area contributed by atoms with E-state index in [9.17, 15) is 54.0 Å². The molecule has 1 rings (SSSR count). The Morgan fingerprint density at radius 2 is 1.12 bits per heavy atom.